The van der Waals surface area contributed by atoms with Gasteiger partial charge in [-0.05, 0) is 36.2 Å². The monoisotopic (exact) mass is 386 g/mol. The fourth-order valence-electron chi connectivity index (χ4n) is 4.89. The van der Waals surface area contributed by atoms with Gasteiger partial charge in [-0.3, -0.25) is 14.5 Å². The number of rotatable bonds is 5. The lowest BCUT2D eigenvalue weighted by molar-refractivity contribution is -0.137. The van der Waals surface area contributed by atoms with Crippen molar-refractivity contribution in [3.63, 3.8) is 0 Å². The van der Waals surface area contributed by atoms with Gasteiger partial charge in [-0.1, -0.05) is 51.1 Å². The van der Waals surface area contributed by atoms with E-state index in [1.54, 1.807) is 0 Å². The number of hydrogen-bond donors (Lipinski definition) is 3. The smallest absolute Gasteiger partial charge is 0.325 e. The summed E-state index contributed by atoms with van der Waals surface area (Å²) in [6.45, 7) is 6.28. The molecule has 28 heavy (non-hydrogen) atoms. The Morgan fingerprint density at radius 1 is 1.29 bits per heavy atom. The molecule has 3 atom stereocenters. The van der Waals surface area contributed by atoms with Crippen molar-refractivity contribution >= 4 is 17.8 Å². The molecule has 3 unspecified atom stereocenters. The minimum atomic E-state index is -0.890. The molecular formula is C21H30N4O3. The molecule has 7 heteroatoms. The standard InChI is InChI=1S/C21H30N4O3/c1-14-9-20(2,3)13-21(10-14)18(27)25(19(28)24-21)12-17(26)23-11-16(22)15-7-5-4-6-8-15/h4-8,14,16H,9-13,22H2,1-3H3,(H,23,26)(H,24,28). The quantitative estimate of drug-likeness (QED) is 0.673. The lowest BCUT2D eigenvalue weighted by Gasteiger charge is -2.43. The second-order valence-corrected chi connectivity index (χ2v) is 9.08. The van der Waals surface area contributed by atoms with E-state index >= 15 is 0 Å². The van der Waals surface area contributed by atoms with Crippen molar-refractivity contribution in [2.45, 2.75) is 51.6 Å². The van der Waals surface area contributed by atoms with E-state index in [2.05, 4.69) is 31.4 Å². The third-order valence-corrected chi connectivity index (χ3v) is 5.67. The van der Waals surface area contributed by atoms with E-state index in [1.165, 1.54) is 0 Å². The summed E-state index contributed by atoms with van der Waals surface area (Å²) < 4.78 is 0. The number of imide groups is 1. The van der Waals surface area contributed by atoms with E-state index in [1.807, 2.05) is 30.3 Å². The molecule has 1 saturated carbocycles. The highest BCUT2D eigenvalue weighted by atomic mass is 16.2. The first-order chi connectivity index (χ1) is 13.1. The molecule has 1 heterocycles. The molecule has 1 spiro atoms. The second kappa shape index (κ2) is 7.54. The number of carbonyl (C=O) groups excluding carboxylic acids is 3. The minimum Gasteiger partial charge on any atom is -0.353 e. The maximum atomic E-state index is 13.1. The molecule has 0 aromatic heterocycles. The van der Waals surface area contributed by atoms with Crippen LogP contribution < -0.4 is 16.4 Å². The number of urea groups is 1. The third kappa shape index (κ3) is 4.19. The highest BCUT2D eigenvalue weighted by Crippen LogP contribution is 2.46. The van der Waals surface area contributed by atoms with Crippen LogP contribution in [-0.2, 0) is 9.59 Å². The van der Waals surface area contributed by atoms with Crippen LogP contribution in [-0.4, -0.2) is 41.4 Å². The summed E-state index contributed by atoms with van der Waals surface area (Å²) in [5, 5.41) is 5.61. The molecule has 2 fully saturated rings. The molecule has 1 aromatic carbocycles. The van der Waals surface area contributed by atoms with Crippen LogP contribution >= 0.6 is 0 Å². The van der Waals surface area contributed by atoms with E-state index in [4.69, 9.17) is 5.73 Å². The zero-order chi connectivity index (χ0) is 20.5. The number of nitrogens with one attached hydrogen (secondary N) is 2. The lowest BCUT2D eigenvalue weighted by atomic mass is 9.64. The highest BCUT2D eigenvalue weighted by Gasteiger charge is 2.56. The topological polar surface area (TPSA) is 105 Å². The van der Waals surface area contributed by atoms with Crippen LogP contribution in [0.1, 0.15) is 51.6 Å². The summed E-state index contributed by atoms with van der Waals surface area (Å²) in [7, 11) is 0. The van der Waals surface area contributed by atoms with Crippen molar-refractivity contribution in [1.29, 1.82) is 0 Å². The maximum absolute atomic E-state index is 13.1. The van der Waals surface area contributed by atoms with Gasteiger partial charge in [0.25, 0.3) is 5.91 Å². The summed E-state index contributed by atoms with van der Waals surface area (Å²) in [4.78, 5) is 38.9. The largest absolute Gasteiger partial charge is 0.353 e. The number of benzene rings is 1. The zero-order valence-electron chi connectivity index (χ0n) is 16.8. The number of nitrogens with two attached hydrogens (primary N) is 1. The van der Waals surface area contributed by atoms with Crippen LogP contribution in [0.5, 0.6) is 0 Å². The van der Waals surface area contributed by atoms with Crippen LogP contribution in [0, 0.1) is 11.3 Å². The summed E-state index contributed by atoms with van der Waals surface area (Å²) in [6, 6.07) is 8.62. The van der Waals surface area contributed by atoms with Crippen molar-refractivity contribution < 1.29 is 14.4 Å². The second-order valence-electron chi connectivity index (χ2n) is 9.08. The first kappa shape index (κ1) is 20.3. The van der Waals surface area contributed by atoms with Crippen molar-refractivity contribution in [2.75, 3.05) is 13.1 Å². The van der Waals surface area contributed by atoms with E-state index < -0.39 is 17.5 Å². The molecule has 3 rings (SSSR count). The Hall–Kier alpha value is -2.41. The molecular weight excluding hydrogens is 356 g/mol. The van der Waals surface area contributed by atoms with Crippen LogP contribution in [0.3, 0.4) is 0 Å². The van der Waals surface area contributed by atoms with Gasteiger partial charge in [-0.2, -0.15) is 0 Å². The van der Waals surface area contributed by atoms with E-state index in [0.29, 0.717) is 18.8 Å². The predicted octanol–water partition coefficient (Wildman–Crippen LogP) is 1.94. The molecule has 4 N–H and O–H groups in total. The number of amides is 4. The van der Waals surface area contributed by atoms with Gasteiger partial charge in [-0.15, -0.1) is 0 Å². The van der Waals surface area contributed by atoms with Gasteiger partial charge in [-0.25, -0.2) is 4.79 Å². The molecule has 152 valence electrons. The molecule has 1 aromatic rings. The lowest BCUT2D eigenvalue weighted by Crippen LogP contribution is -2.54. The van der Waals surface area contributed by atoms with Crippen LogP contribution in [0.2, 0.25) is 0 Å². The Bertz CT molecular complexity index is 764. The third-order valence-electron chi connectivity index (χ3n) is 5.67. The molecule has 1 aliphatic heterocycles. The van der Waals surface area contributed by atoms with E-state index in [9.17, 15) is 14.4 Å². The van der Waals surface area contributed by atoms with Crippen LogP contribution in [0.25, 0.3) is 0 Å². The van der Waals surface area contributed by atoms with Gasteiger partial charge < -0.3 is 16.4 Å². The Morgan fingerprint density at radius 3 is 2.61 bits per heavy atom. The van der Waals surface area contributed by atoms with Gasteiger partial charge >= 0.3 is 6.03 Å². The number of hydrogen-bond acceptors (Lipinski definition) is 4. The fraction of sp³-hybridized carbons (Fsp3) is 0.571. The van der Waals surface area contributed by atoms with Gasteiger partial charge in [0, 0.05) is 12.6 Å². The molecule has 1 saturated heterocycles. The van der Waals surface area contributed by atoms with E-state index in [0.717, 1.165) is 16.9 Å². The van der Waals surface area contributed by atoms with Gasteiger partial charge in [0.2, 0.25) is 5.91 Å². The highest BCUT2D eigenvalue weighted by molar-refractivity contribution is 6.09. The summed E-state index contributed by atoms with van der Waals surface area (Å²) in [5.41, 5.74) is 6.07. The fourth-order valence-corrected chi connectivity index (χ4v) is 4.89. The summed E-state index contributed by atoms with van der Waals surface area (Å²) in [6.07, 6.45) is 2.21. The molecule has 1 aliphatic carbocycles. The Labute approximate surface area is 166 Å². The summed E-state index contributed by atoms with van der Waals surface area (Å²) in [5.74, 6) is -0.361. The van der Waals surface area contributed by atoms with Crippen molar-refractivity contribution in [3.05, 3.63) is 35.9 Å². The SMILES string of the molecule is CC1CC(C)(C)CC2(C1)NC(=O)N(CC(=O)NCC(N)c1ccccc1)C2=O. The van der Waals surface area contributed by atoms with Crippen molar-refractivity contribution in [2.24, 2.45) is 17.1 Å². The Morgan fingerprint density at radius 2 is 1.96 bits per heavy atom. The predicted molar refractivity (Wildman–Crippen MR) is 106 cm³/mol. The molecule has 4 amide bonds. The van der Waals surface area contributed by atoms with Gasteiger partial charge in [0.15, 0.2) is 0 Å². The summed E-state index contributed by atoms with van der Waals surface area (Å²) >= 11 is 0. The first-order valence-corrected chi connectivity index (χ1v) is 9.83. The molecule has 2 aliphatic rings. The molecule has 0 bridgehead atoms. The number of carbonyl (C=O) groups is 3. The maximum Gasteiger partial charge on any atom is 0.325 e. The average Bonchev–Trinajstić information content (AvgIpc) is 2.82. The Kier molecular flexibility index (Phi) is 5.48. The molecule has 7 nitrogen and oxygen atoms in total. The van der Waals surface area contributed by atoms with Gasteiger partial charge in [0.05, 0.1) is 0 Å². The Balaban J connectivity index is 1.60. The van der Waals surface area contributed by atoms with Gasteiger partial charge in [0.1, 0.15) is 12.1 Å². The normalized spacial score (nSPS) is 27.6. The minimum absolute atomic E-state index is 0.0403. The first-order valence-electron chi connectivity index (χ1n) is 9.83. The average molecular weight is 386 g/mol. The van der Waals surface area contributed by atoms with Crippen LogP contribution in [0.4, 0.5) is 4.79 Å². The zero-order valence-corrected chi connectivity index (χ0v) is 16.8. The van der Waals surface area contributed by atoms with Crippen molar-refractivity contribution in [3.8, 4) is 0 Å². The van der Waals surface area contributed by atoms with Crippen LogP contribution in [0.15, 0.2) is 30.3 Å². The number of nitrogens with zero attached hydrogens (tertiary/aromatic N) is 1. The van der Waals surface area contributed by atoms with Crippen molar-refractivity contribution in [1.82, 2.24) is 15.5 Å². The molecule has 0 radical (unpaired) electrons. The van der Waals surface area contributed by atoms with E-state index in [-0.39, 0.29) is 30.5 Å².